The molecule has 2 aromatic rings. The highest BCUT2D eigenvalue weighted by molar-refractivity contribution is 5.87. The summed E-state index contributed by atoms with van der Waals surface area (Å²) in [6, 6.07) is 11.4. The zero-order chi connectivity index (χ0) is 34.0. The molecule has 1 unspecified atom stereocenters. The molecule has 3 heterocycles. The van der Waals surface area contributed by atoms with E-state index in [4.69, 9.17) is 28.1 Å². The molecule has 4 fully saturated rings. The Labute approximate surface area is 280 Å². The van der Waals surface area contributed by atoms with Crippen molar-refractivity contribution in [2.45, 2.75) is 96.6 Å². The van der Waals surface area contributed by atoms with Gasteiger partial charge in [-0.1, -0.05) is 57.2 Å². The zero-order valence-electron chi connectivity index (χ0n) is 28.0. The van der Waals surface area contributed by atoms with Crippen LogP contribution in [0.25, 0.3) is 6.08 Å². The van der Waals surface area contributed by atoms with Gasteiger partial charge in [0.15, 0.2) is 6.29 Å². The number of esters is 3. The van der Waals surface area contributed by atoms with Gasteiger partial charge in [-0.3, -0.25) is 9.59 Å². The zero-order valence-corrected chi connectivity index (χ0v) is 28.0. The van der Waals surface area contributed by atoms with Crippen molar-refractivity contribution in [3.05, 3.63) is 77.8 Å². The van der Waals surface area contributed by atoms with E-state index in [-0.39, 0.29) is 31.3 Å². The van der Waals surface area contributed by atoms with Crippen molar-refractivity contribution in [1.29, 1.82) is 0 Å². The molecule has 12 atom stereocenters. The summed E-state index contributed by atoms with van der Waals surface area (Å²) in [7, 11) is 0. The summed E-state index contributed by atoms with van der Waals surface area (Å²) in [5, 5.41) is 11.5. The van der Waals surface area contributed by atoms with Crippen LogP contribution in [-0.4, -0.2) is 66.4 Å². The third-order valence-corrected chi connectivity index (χ3v) is 12.1. The molecule has 2 saturated carbocycles. The van der Waals surface area contributed by atoms with Crippen LogP contribution in [0.2, 0.25) is 0 Å². The SMILES string of the molecule is CC(=O)O[C@H]1C[C@@H](OC(C)=O)[C@@]2(C)CO[C@H]3[C@@H](OC(=O)/C=C/c4ccccc4)[C@@]4(C)C5=C[C@@H](c6ccoc6)C[C@@H]5OC(O)C[C@@H]4[C@]1(C)[C@@H]32. The molecule has 0 radical (unpaired) electrons. The van der Waals surface area contributed by atoms with E-state index < -0.39 is 76.9 Å². The highest BCUT2D eigenvalue weighted by Crippen LogP contribution is 2.72. The molecular weight excluding hydrogens is 616 g/mol. The van der Waals surface area contributed by atoms with Crippen molar-refractivity contribution in [2.24, 2.45) is 28.1 Å². The maximum Gasteiger partial charge on any atom is 0.331 e. The number of ether oxygens (including phenoxy) is 5. The van der Waals surface area contributed by atoms with E-state index in [1.54, 1.807) is 18.6 Å². The first-order chi connectivity index (χ1) is 22.9. The van der Waals surface area contributed by atoms with E-state index in [2.05, 4.69) is 19.9 Å². The van der Waals surface area contributed by atoms with Crippen LogP contribution in [0, 0.1) is 28.1 Å². The lowest BCUT2D eigenvalue weighted by Gasteiger charge is -2.66. The molecule has 10 nitrogen and oxygen atoms in total. The number of hydrogen-bond acceptors (Lipinski definition) is 10. The smallest absolute Gasteiger partial charge is 0.331 e. The Kier molecular flexibility index (Phi) is 8.20. The number of rotatable bonds is 6. The van der Waals surface area contributed by atoms with Crippen molar-refractivity contribution >= 4 is 24.0 Å². The second kappa shape index (κ2) is 12.0. The van der Waals surface area contributed by atoms with E-state index in [1.165, 1.54) is 19.9 Å². The summed E-state index contributed by atoms with van der Waals surface area (Å²) in [5.41, 5.74) is 0.341. The topological polar surface area (TPSA) is 131 Å². The van der Waals surface area contributed by atoms with E-state index in [0.717, 1.165) is 16.7 Å². The number of carbonyl (C=O) groups excluding carboxylic acids is 3. The lowest BCUT2D eigenvalue weighted by molar-refractivity contribution is -0.261. The van der Waals surface area contributed by atoms with E-state index in [9.17, 15) is 19.5 Å². The molecule has 0 amide bonds. The van der Waals surface area contributed by atoms with Crippen LogP contribution in [0.1, 0.15) is 70.9 Å². The predicted octanol–water partition coefficient (Wildman–Crippen LogP) is 5.36. The van der Waals surface area contributed by atoms with E-state index in [0.29, 0.717) is 6.42 Å². The highest BCUT2D eigenvalue weighted by atomic mass is 16.6. The average molecular weight is 661 g/mol. The Hall–Kier alpha value is -3.73. The minimum atomic E-state index is -1.13. The van der Waals surface area contributed by atoms with E-state index >= 15 is 0 Å². The Morgan fingerprint density at radius 2 is 1.67 bits per heavy atom. The normalized spacial score (nSPS) is 41.4. The maximum atomic E-state index is 13.8. The highest BCUT2D eigenvalue weighted by Gasteiger charge is 2.77. The summed E-state index contributed by atoms with van der Waals surface area (Å²) in [6.07, 6.45) is 5.38. The van der Waals surface area contributed by atoms with Crippen LogP contribution >= 0.6 is 0 Å². The molecule has 1 aromatic carbocycles. The first-order valence-corrected chi connectivity index (χ1v) is 16.8. The quantitative estimate of drug-likeness (QED) is 0.187. The van der Waals surface area contributed by atoms with Crippen LogP contribution in [0.3, 0.4) is 0 Å². The summed E-state index contributed by atoms with van der Waals surface area (Å²) in [4.78, 5) is 38.9. The minimum absolute atomic E-state index is 0.0508. The van der Waals surface area contributed by atoms with Crippen LogP contribution < -0.4 is 0 Å². The van der Waals surface area contributed by atoms with Crippen LogP contribution in [0.15, 0.2) is 71.1 Å². The van der Waals surface area contributed by atoms with Gasteiger partial charge in [-0.25, -0.2) is 4.79 Å². The van der Waals surface area contributed by atoms with E-state index in [1.807, 2.05) is 43.3 Å². The van der Waals surface area contributed by atoms with Crippen LogP contribution in [0.4, 0.5) is 0 Å². The summed E-state index contributed by atoms with van der Waals surface area (Å²) in [6.45, 7) is 9.22. The average Bonchev–Trinajstić information content (AvgIpc) is 3.78. The number of fused-ring (bicyclic) bond motifs is 4. The second-order valence-corrected chi connectivity index (χ2v) is 14.8. The summed E-state index contributed by atoms with van der Waals surface area (Å²) in [5.74, 6) is -2.25. The third kappa shape index (κ3) is 5.15. The molecular formula is C38H44O10. The first kappa shape index (κ1) is 32.8. The van der Waals surface area contributed by atoms with Crippen molar-refractivity contribution in [2.75, 3.05) is 6.61 Å². The van der Waals surface area contributed by atoms with Gasteiger partial charge >= 0.3 is 17.9 Å². The second-order valence-electron chi connectivity index (χ2n) is 14.8. The molecule has 1 N–H and O–H groups in total. The van der Waals surface area contributed by atoms with Gasteiger partial charge in [0.05, 0.1) is 31.3 Å². The van der Waals surface area contributed by atoms with Gasteiger partial charge in [-0.2, -0.15) is 0 Å². The van der Waals surface area contributed by atoms with Gasteiger partial charge in [-0.15, -0.1) is 0 Å². The van der Waals surface area contributed by atoms with Crippen molar-refractivity contribution in [1.82, 2.24) is 0 Å². The monoisotopic (exact) mass is 660 g/mol. The summed E-state index contributed by atoms with van der Waals surface area (Å²) >= 11 is 0. The van der Waals surface area contributed by atoms with Gasteiger partial charge in [0, 0.05) is 60.8 Å². The van der Waals surface area contributed by atoms with Gasteiger partial charge in [0.2, 0.25) is 0 Å². The van der Waals surface area contributed by atoms with Gasteiger partial charge in [0.1, 0.15) is 18.3 Å². The van der Waals surface area contributed by atoms with Crippen LogP contribution in [0.5, 0.6) is 0 Å². The molecule has 0 spiro atoms. The lowest BCUT2D eigenvalue weighted by Crippen LogP contribution is -2.72. The predicted molar refractivity (Wildman–Crippen MR) is 172 cm³/mol. The molecule has 2 saturated heterocycles. The fourth-order valence-corrected chi connectivity index (χ4v) is 10.3. The molecule has 0 bridgehead atoms. The Morgan fingerprint density at radius 1 is 0.938 bits per heavy atom. The molecule has 2 aliphatic heterocycles. The Morgan fingerprint density at radius 3 is 2.35 bits per heavy atom. The number of hydrogen-bond donors (Lipinski definition) is 1. The van der Waals surface area contributed by atoms with Crippen LogP contribution in [-0.2, 0) is 38.1 Å². The fraction of sp³-hybridized carbons (Fsp3) is 0.553. The molecule has 1 aromatic heterocycles. The minimum Gasteiger partial charge on any atom is -0.472 e. The molecule has 10 heteroatoms. The Bertz CT molecular complexity index is 1610. The number of allylic oxidation sites excluding steroid dienone is 1. The number of aliphatic hydroxyl groups is 1. The third-order valence-electron chi connectivity index (χ3n) is 12.1. The first-order valence-electron chi connectivity index (χ1n) is 16.8. The number of carbonyl (C=O) groups is 3. The molecule has 5 aliphatic rings. The fourth-order valence-electron chi connectivity index (χ4n) is 10.3. The molecule has 7 rings (SSSR count). The summed E-state index contributed by atoms with van der Waals surface area (Å²) < 4.78 is 37.2. The largest absolute Gasteiger partial charge is 0.472 e. The van der Waals surface area contributed by atoms with Crippen molar-refractivity contribution in [3.63, 3.8) is 0 Å². The van der Waals surface area contributed by atoms with Gasteiger partial charge in [0.25, 0.3) is 0 Å². The molecule has 48 heavy (non-hydrogen) atoms. The Balaban J connectivity index is 1.39. The molecule has 3 aliphatic carbocycles. The van der Waals surface area contributed by atoms with Gasteiger partial charge in [-0.05, 0) is 41.2 Å². The van der Waals surface area contributed by atoms with Gasteiger partial charge < -0.3 is 33.2 Å². The van der Waals surface area contributed by atoms with Crippen molar-refractivity contribution < 1.29 is 47.6 Å². The van der Waals surface area contributed by atoms with Crippen molar-refractivity contribution in [3.8, 4) is 0 Å². The number of benzene rings is 1. The maximum absolute atomic E-state index is 13.8. The number of aliphatic hydroxyl groups excluding tert-OH is 1. The standard InChI is InChI=1S/C38H44O10/c1-21(39)45-29-18-30(46-22(2)40)38(5)28-17-32(42)47-27-16-25(24-13-14-43-19-24)15-26(27)37(28,4)35(33-34(38)36(29,3)20-44-33)48-31(41)12-11-23-9-7-6-8-10-23/h6-15,19,25,27-30,32-35,42H,16-18,20H2,1-5H3/b12-11+/t25-,27+,28+,29-,30+,32?,33-,34+,35-,36-,37+,38+/m1/s1. The molecule has 256 valence electrons. The lowest BCUT2D eigenvalue weighted by atomic mass is 9.39. The number of furan rings is 1.